The SMILES string of the molecule is O=C(O)C(CCOc1cccc(Br)c1)c1ccccc1Cl. The van der Waals surface area contributed by atoms with Crippen molar-refractivity contribution in [3.05, 3.63) is 63.6 Å². The highest BCUT2D eigenvalue weighted by molar-refractivity contribution is 9.10. The molecule has 0 saturated heterocycles. The average molecular weight is 370 g/mol. The summed E-state index contributed by atoms with van der Waals surface area (Å²) in [5.74, 6) is -0.875. The first-order valence-electron chi connectivity index (χ1n) is 6.43. The first-order valence-corrected chi connectivity index (χ1v) is 7.60. The summed E-state index contributed by atoms with van der Waals surface area (Å²) in [7, 11) is 0. The van der Waals surface area contributed by atoms with Crippen molar-refractivity contribution < 1.29 is 14.6 Å². The van der Waals surface area contributed by atoms with Crippen molar-refractivity contribution in [2.45, 2.75) is 12.3 Å². The van der Waals surface area contributed by atoms with E-state index in [1.165, 1.54) is 0 Å². The molecule has 2 aromatic rings. The van der Waals surface area contributed by atoms with E-state index in [0.29, 0.717) is 29.4 Å². The molecule has 0 bridgehead atoms. The van der Waals surface area contributed by atoms with Gasteiger partial charge in [-0.05, 0) is 36.2 Å². The highest BCUT2D eigenvalue weighted by Crippen LogP contribution is 2.27. The molecule has 0 amide bonds. The van der Waals surface area contributed by atoms with Crippen LogP contribution in [0.25, 0.3) is 0 Å². The van der Waals surface area contributed by atoms with Gasteiger partial charge in [0.1, 0.15) is 5.75 Å². The lowest BCUT2D eigenvalue weighted by molar-refractivity contribution is -0.139. The summed E-state index contributed by atoms with van der Waals surface area (Å²) in [6, 6.07) is 14.4. The summed E-state index contributed by atoms with van der Waals surface area (Å²) in [5.41, 5.74) is 0.615. The topological polar surface area (TPSA) is 46.5 Å². The van der Waals surface area contributed by atoms with Crippen LogP contribution in [0.5, 0.6) is 5.75 Å². The van der Waals surface area contributed by atoms with Crippen molar-refractivity contribution in [1.29, 1.82) is 0 Å². The third-order valence-corrected chi connectivity index (χ3v) is 3.89. The highest BCUT2D eigenvalue weighted by Gasteiger charge is 2.22. The molecule has 3 nitrogen and oxygen atoms in total. The fraction of sp³-hybridized carbons (Fsp3) is 0.188. The number of rotatable bonds is 6. The monoisotopic (exact) mass is 368 g/mol. The van der Waals surface area contributed by atoms with E-state index < -0.39 is 11.9 Å². The molecule has 1 unspecified atom stereocenters. The molecule has 1 atom stereocenters. The summed E-state index contributed by atoms with van der Waals surface area (Å²) >= 11 is 9.43. The molecule has 21 heavy (non-hydrogen) atoms. The second kappa shape index (κ2) is 7.48. The molecule has 2 aromatic carbocycles. The lowest BCUT2D eigenvalue weighted by atomic mass is 9.96. The Morgan fingerprint density at radius 1 is 1.24 bits per heavy atom. The Balaban J connectivity index is 2.02. The summed E-state index contributed by atoms with van der Waals surface area (Å²) in [6.45, 7) is 0.304. The molecule has 0 fully saturated rings. The zero-order chi connectivity index (χ0) is 15.2. The minimum absolute atomic E-state index is 0.304. The molecule has 1 N–H and O–H groups in total. The Bertz CT molecular complexity index is 630. The van der Waals surface area contributed by atoms with Crippen LogP contribution in [0, 0.1) is 0 Å². The van der Waals surface area contributed by atoms with Crippen molar-refractivity contribution in [3.8, 4) is 5.75 Å². The first kappa shape index (κ1) is 15.9. The maximum Gasteiger partial charge on any atom is 0.311 e. The third kappa shape index (κ3) is 4.48. The van der Waals surface area contributed by atoms with Gasteiger partial charge < -0.3 is 9.84 Å². The number of carbonyl (C=O) groups is 1. The Morgan fingerprint density at radius 3 is 2.67 bits per heavy atom. The molecule has 0 aliphatic heterocycles. The zero-order valence-electron chi connectivity index (χ0n) is 11.1. The predicted octanol–water partition coefficient (Wildman–Crippen LogP) is 4.74. The van der Waals surface area contributed by atoms with Gasteiger partial charge in [0.2, 0.25) is 0 Å². The normalized spacial score (nSPS) is 11.9. The maximum atomic E-state index is 11.4. The fourth-order valence-corrected chi connectivity index (χ4v) is 2.67. The molecule has 0 aromatic heterocycles. The number of hydrogen-bond donors (Lipinski definition) is 1. The number of aliphatic carboxylic acids is 1. The van der Waals surface area contributed by atoms with E-state index in [1.807, 2.05) is 24.3 Å². The van der Waals surface area contributed by atoms with E-state index >= 15 is 0 Å². The van der Waals surface area contributed by atoms with Gasteiger partial charge in [-0.25, -0.2) is 0 Å². The van der Waals surface area contributed by atoms with E-state index in [-0.39, 0.29) is 0 Å². The molecule has 110 valence electrons. The molecule has 0 radical (unpaired) electrons. The minimum atomic E-state index is -0.902. The average Bonchev–Trinajstić information content (AvgIpc) is 2.44. The van der Waals surface area contributed by atoms with Gasteiger partial charge in [0.15, 0.2) is 0 Å². The van der Waals surface area contributed by atoms with E-state index in [0.717, 1.165) is 4.47 Å². The van der Waals surface area contributed by atoms with Crippen LogP contribution in [0.15, 0.2) is 53.0 Å². The molecule has 0 spiro atoms. The van der Waals surface area contributed by atoms with Gasteiger partial charge in [-0.2, -0.15) is 0 Å². The van der Waals surface area contributed by atoms with Gasteiger partial charge in [-0.3, -0.25) is 4.79 Å². The van der Waals surface area contributed by atoms with Gasteiger partial charge in [-0.1, -0.05) is 51.8 Å². The van der Waals surface area contributed by atoms with Gasteiger partial charge in [0.25, 0.3) is 0 Å². The van der Waals surface area contributed by atoms with E-state index in [1.54, 1.807) is 24.3 Å². The van der Waals surface area contributed by atoms with Crippen LogP contribution < -0.4 is 4.74 Å². The molecular weight excluding hydrogens is 356 g/mol. The molecular formula is C16H14BrClO3. The lowest BCUT2D eigenvalue weighted by Crippen LogP contribution is -2.15. The molecule has 0 aliphatic rings. The Labute approximate surface area is 136 Å². The predicted molar refractivity (Wildman–Crippen MR) is 86.1 cm³/mol. The van der Waals surface area contributed by atoms with Crippen LogP contribution >= 0.6 is 27.5 Å². The summed E-state index contributed by atoms with van der Waals surface area (Å²) in [4.78, 5) is 11.4. The Hall–Kier alpha value is -1.52. The van der Waals surface area contributed by atoms with E-state index in [4.69, 9.17) is 16.3 Å². The number of halogens is 2. The summed E-state index contributed by atoms with van der Waals surface area (Å²) < 4.78 is 6.51. The smallest absolute Gasteiger partial charge is 0.311 e. The van der Waals surface area contributed by atoms with Crippen molar-refractivity contribution in [1.82, 2.24) is 0 Å². The number of ether oxygens (including phenoxy) is 1. The van der Waals surface area contributed by atoms with Crippen LogP contribution in [0.4, 0.5) is 0 Å². The largest absolute Gasteiger partial charge is 0.494 e. The van der Waals surface area contributed by atoms with E-state index in [9.17, 15) is 9.90 Å². The molecule has 5 heteroatoms. The van der Waals surface area contributed by atoms with Crippen molar-refractivity contribution in [3.63, 3.8) is 0 Å². The number of benzene rings is 2. The highest BCUT2D eigenvalue weighted by atomic mass is 79.9. The van der Waals surface area contributed by atoms with Gasteiger partial charge >= 0.3 is 5.97 Å². The third-order valence-electron chi connectivity index (χ3n) is 3.05. The Morgan fingerprint density at radius 2 is 2.00 bits per heavy atom. The second-order valence-electron chi connectivity index (χ2n) is 4.51. The Kier molecular flexibility index (Phi) is 5.65. The van der Waals surface area contributed by atoms with Crippen LogP contribution in [-0.4, -0.2) is 17.7 Å². The number of hydrogen-bond acceptors (Lipinski definition) is 2. The summed E-state index contributed by atoms with van der Waals surface area (Å²) in [6.07, 6.45) is 0.353. The number of carboxylic acids is 1. The number of carboxylic acid groups (broad SMARTS) is 1. The van der Waals surface area contributed by atoms with E-state index in [2.05, 4.69) is 15.9 Å². The standard InChI is InChI=1S/C16H14BrClO3/c17-11-4-3-5-12(10-11)21-9-8-14(16(19)20)13-6-1-2-7-15(13)18/h1-7,10,14H,8-9H2,(H,19,20). The lowest BCUT2D eigenvalue weighted by Gasteiger charge is -2.15. The summed E-state index contributed by atoms with van der Waals surface area (Å²) in [5, 5.41) is 9.84. The molecule has 0 saturated carbocycles. The zero-order valence-corrected chi connectivity index (χ0v) is 13.5. The van der Waals surface area contributed by atoms with Crippen LogP contribution in [-0.2, 0) is 4.79 Å². The second-order valence-corrected chi connectivity index (χ2v) is 5.83. The first-order chi connectivity index (χ1) is 10.1. The quantitative estimate of drug-likeness (QED) is 0.800. The van der Waals surface area contributed by atoms with Gasteiger partial charge in [-0.15, -0.1) is 0 Å². The molecule has 0 heterocycles. The van der Waals surface area contributed by atoms with Crippen molar-refractivity contribution in [2.24, 2.45) is 0 Å². The minimum Gasteiger partial charge on any atom is -0.494 e. The van der Waals surface area contributed by atoms with Crippen LogP contribution in [0.3, 0.4) is 0 Å². The molecule has 2 rings (SSSR count). The van der Waals surface area contributed by atoms with Crippen molar-refractivity contribution >= 4 is 33.5 Å². The van der Waals surface area contributed by atoms with Gasteiger partial charge in [0, 0.05) is 9.50 Å². The van der Waals surface area contributed by atoms with Crippen LogP contribution in [0.1, 0.15) is 17.9 Å². The van der Waals surface area contributed by atoms with Gasteiger partial charge in [0.05, 0.1) is 12.5 Å². The molecule has 0 aliphatic carbocycles. The van der Waals surface area contributed by atoms with Crippen molar-refractivity contribution in [2.75, 3.05) is 6.61 Å². The van der Waals surface area contributed by atoms with Crippen LogP contribution in [0.2, 0.25) is 5.02 Å². The fourth-order valence-electron chi connectivity index (χ4n) is 2.02. The maximum absolute atomic E-state index is 11.4.